The molecular weight excluding hydrogens is 404 g/mol. The molecule has 0 spiro atoms. The number of carbonyl (C=O) groups is 1. The van der Waals surface area contributed by atoms with Crippen LogP contribution in [0.2, 0.25) is 0 Å². The van der Waals surface area contributed by atoms with Crippen LogP contribution in [-0.4, -0.2) is 21.5 Å². The fourth-order valence-corrected chi connectivity index (χ4v) is 3.61. The van der Waals surface area contributed by atoms with Gasteiger partial charge in [-0.3, -0.25) is 4.72 Å². The summed E-state index contributed by atoms with van der Waals surface area (Å²) in [4.78, 5) is 12.2. The first-order valence-electron chi connectivity index (χ1n) is 8.84. The number of benzene rings is 3. The molecule has 3 rings (SSSR count). The zero-order valence-corrected chi connectivity index (χ0v) is 16.8. The molecule has 30 heavy (non-hydrogen) atoms. The zero-order chi connectivity index (χ0) is 21.6. The highest BCUT2D eigenvalue weighted by Gasteiger charge is 2.16. The lowest BCUT2D eigenvalue weighted by molar-refractivity contribution is 0.0472. The summed E-state index contributed by atoms with van der Waals surface area (Å²) < 4.78 is 37.8. The van der Waals surface area contributed by atoms with Crippen LogP contribution in [0, 0.1) is 11.3 Å². The first-order valence-corrected chi connectivity index (χ1v) is 10.3. The molecule has 0 saturated heterocycles. The summed E-state index contributed by atoms with van der Waals surface area (Å²) in [6, 6.07) is 20.6. The van der Waals surface area contributed by atoms with E-state index < -0.39 is 16.0 Å². The number of esters is 1. The average Bonchev–Trinajstić information content (AvgIpc) is 2.78. The number of anilines is 1. The summed E-state index contributed by atoms with van der Waals surface area (Å²) in [5.74, 6) is 0.0354. The van der Waals surface area contributed by atoms with Crippen LogP contribution >= 0.6 is 0 Å². The molecule has 1 N–H and O–H groups in total. The zero-order valence-electron chi connectivity index (χ0n) is 16.0. The van der Waals surface area contributed by atoms with Gasteiger partial charge < -0.3 is 9.47 Å². The maximum Gasteiger partial charge on any atom is 0.338 e. The number of ether oxygens (including phenoxy) is 2. The van der Waals surface area contributed by atoms with Gasteiger partial charge in [0.05, 0.1) is 29.2 Å². The van der Waals surface area contributed by atoms with E-state index in [4.69, 9.17) is 14.7 Å². The summed E-state index contributed by atoms with van der Waals surface area (Å²) in [6.07, 6.45) is 0. The fourth-order valence-electron chi connectivity index (χ4n) is 2.55. The van der Waals surface area contributed by atoms with E-state index in [0.717, 1.165) is 5.56 Å². The van der Waals surface area contributed by atoms with Gasteiger partial charge in [0, 0.05) is 5.69 Å². The van der Waals surface area contributed by atoms with Crippen molar-refractivity contribution in [2.75, 3.05) is 11.8 Å². The van der Waals surface area contributed by atoms with Crippen molar-refractivity contribution in [2.24, 2.45) is 0 Å². The lowest BCUT2D eigenvalue weighted by Crippen LogP contribution is -2.13. The number of nitriles is 1. The molecule has 0 aliphatic rings. The Morgan fingerprint density at radius 2 is 1.60 bits per heavy atom. The van der Waals surface area contributed by atoms with Gasteiger partial charge in [0.25, 0.3) is 10.0 Å². The first kappa shape index (κ1) is 20.9. The van der Waals surface area contributed by atoms with Crippen molar-refractivity contribution in [3.8, 4) is 11.8 Å². The van der Waals surface area contributed by atoms with E-state index in [0.29, 0.717) is 17.0 Å². The largest absolute Gasteiger partial charge is 0.497 e. The standard InChI is InChI=1S/C22H18N2O5S/c1-28-20-10-8-19(9-11-20)24-30(26,27)21-12-6-18(7-13-21)22(25)29-15-17-4-2-16(14-23)3-5-17/h2-13,24H,15H2,1H3. The number of sulfonamides is 1. The third kappa shape index (κ3) is 5.16. The van der Waals surface area contributed by atoms with Crippen molar-refractivity contribution >= 4 is 21.7 Å². The second-order valence-corrected chi connectivity index (χ2v) is 7.93. The maximum atomic E-state index is 12.5. The van der Waals surface area contributed by atoms with Crippen molar-refractivity contribution in [2.45, 2.75) is 11.5 Å². The first-order chi connectivity index (χ1) is 14.4. The molecule has 0 aromatic heterocycles. The number of rotatable bonds is 7. The third-order valence-corrected chi connectivity index (χ3v) is 5.59. The van der Waals surface area contributed by atoms with Gasteiger partial charge in [-0.1, -0.05) is 12.1 Å². The number of hydrogen-bond acceptors (Lipinski definition) is 6. The van der Waals surface area contributed by atoms with Crippen molar-refractivity contribution in [3.05, 3.63) is 89.5 Å². The molecule has 3 aromatic carbocycles. The van der Waals surface area contributed by atoms with Crippen LogP contribution < -0.4 is 9.46 Å². The van der Waals surface area contributed by atoms with Gasteiger partial charge in [0.1, 0.15) is 12.4 Å². The van der Waals surface area contributed by atoms with E-state index in [1.165, 1.54) is 31.4 Å². The Hall–Kier alpha value is -3.83. The number of methoxy groups -OCH3 is 1. The molecule has 0 radical (unpaired) electrons. The summed E-state index contributed by atoms with van der Waals surface area (Å²) in [6.45, 7) is 0.0453. The second-order valence-electron chi connectivity index (χ2n) is 6.24. The van der Waals surface area contributed by atoms with Gasteiger partial charge in [-0.05, 0) is 66.2 Å². The highest BCUT2D eigenvalue weighted by atomic mass is 32.2. The Bertz CT molecular complexity index is 1160. The van der Waals surface area contributed by atoms with Crippen LogP contribution in [0.15, 0.2) is 77.7 Å². The van der Waals surface area contributed by atoms with Crippen molar-refractivity contribution in [3.63, 3.8) is 0 Å². The monoisotopic (exact) mass is 422 g/mol. The van der Waals surface area contributed by atoms with Gasteiger partial charge in [0.15, 0.2) is 0 Å². The van der Waals surface area contributed by atoms with Crippen molar-refractivity contribution < 1.29 is 22.7 Å². The van der Waals surface area contributed by atoms with Crippen molar-refractivity contribution in [1.29, 1.82) is 5.26 Å². The predicted molar refractivity (Wildman–Crippen MR) is 111 cm³/mol. The Labute approximate surface area is 174 Å². The molecule has 0 aliphatic heterocycles. The van der Waals surface area contributed by atoms with Gasteiger partial charge in [-0.2, -0.15) is 5.26 Å². The lowest BCUT2D eigenvalue weighted by Gasteiger charge is -2.10. The number of nitrogens with one attached hydrogen (secondary N) is 1. The lowest BCUT2D eigenvalue weighted by atomic mass is 10.1. The van der Waals surface area contributed by atoms with Crippen LogP contribution in [0.5, 0.6) is 5.75 Å². The van der Waals surface area contributed by atoms with Gasteiger partial charge >= 0.3 is 5.97 Å². The molecule has 152 valence electrons. The molecule has 0 atom stereocenters. The third-order valence-electron chi connectivity index (χ3n) is 4.20. The summed E-state index contributed by atoms with van der Waals surface area (Å²) >= 11 is 0. The molecule has 3 aromatic rings. The topological polar surface area (TPSA) is 105 Å². The Morgan fingerprint density at radius 1 is 0.967 bits per heavy atom. The SMILES string of the molecule is COc1ccc(NS(=O)(=O)c2ccc(C(=O)OCc3ccc(C#N)cc3)cc2)cc1. The average molecular weight is 422 g/mol. The van der Waals surface area contributed by atoms with E-state index >= 15 is 0 Å². The maximum absolute atomic E-state index is 12.5. The minimum absolute atomic E-state index is 0.0157. The molecule has 0 bridgehead atoms. The van der Waals surface area contributed by atoms with E-state index in [-0.39, 0.29) is 17.1 Å². The molecular formula is C22H18N2O5S. The van der Waals surface area contributed by atoms with E-state index in [2.05, 4.69) is 4.72 Å². The van der Waals surface area contributed by atoms with Gasteiger partial charge in [-0.25, -0.2) is 13.2 Å². The Balaban J connectivity index is 1.63. The Morgan fingerprint density at radius 3 is 2.17 bits per heavy atom. The van der Waals surface area contributed by atoms with Crippen LogP contribution in [0.25, 0.3) is 0 Å². The van der Waals surface area contributed by atoms with Gasteiger partial charge in [-0.15, -0.1) is 0 Å². The molecule has 0 unspecified atom stereocenters. The molecule has 0 fully saturated rings. The normalized spacial score (nSPS) is 10.7. The van der Waals surface area contributed by atoms with Crippen LogP contribution in [-0.2, 0) is 21.4 Å². The fraction of sp³-hybridized carbons (Fsp3) is 0.0909. The Kier molecular flexibility index (Phi) is 6.35. The van der Waals surface area contributed by atoms with Crippen molar-refractivity contribution in [1.82, 2.24) is 0 Å². The van der Waals surface area contributed by atoms with Crippen LogP contribution in [0.3, 0.4) is 0 Å². The smallest absolute Gasteiger partial charge is 0.338 e. The van der Waals surface area contributed by atoms with Crippen LogP contribution in [0.4, 0.5) is 5.69 Å². The minimum atomic E-state index is -3.81. The van der Waals surface area contributed by atoms with E-state index in [1.807, 2.05) is 6.07 Å². The van der Waals surface area contributed by atoms with Gasteiger partial charge in [0.2, 0.25) is 0 Å². The van der Waals surface area contributed by atoms with E-state index in [9.17, 15) is 13.2 Å². The number of carbonyl (C=O) groups excluding carboxylic acids is 1. The second kappa shape index (κ2) is 9.11. The quantitative estimate of drug-likeness (QED) is 0.582. The highest BCUT2D eigenvalue weighted by Crippen LogP contribution is 2.20. The minimum Gasteiger partial charge on any atom is -0.497 e. The number of nitrogens with zero attached hydrogens (tertiary/aromatic N) is 1. The van der Waals surface area contributed by atoms with E-state index in [1.54, 1.807) is 48.5 Å². The molecule has 0 amide bonds. The number of hydrogen-bond donors (Lipinski definition) is 1. The summed E-state index contributed by atoms with van der Waals surface area (Å²) in [5.41, 5.74) is 1.88. The molecule has 0 aliphatic carbocycles. The molecule has 0 saturated carbocycles. The highest BCUT2D eigenvalue weighted by molar-refractivity contribution is 7.92. The molecule has 8 heteroatoms. The molecule has 7 nitrogen and oxygen atoms in total. The van der Waals surface area contributed by atoms with Crippen LogP contribution in [0.1, 0.15) is 21.5 Å². The predicted octanol–water partition coefficient (Wildman–Crippen LogP) is 3.72. The summed E-state index contributed by atoms with van der Waals surface area (Å²) in [7, 11) is -2.28. The summed E-state index contributed by atoms with van der Waals surface area (Å²) in [5, 5.41) is 8.79. The molecule has 0 heterocycles.